The van der Waals surface area contributed by atoms with Crippen molar-refractivity contribution in [2.24, 2.45) is 5.73 Å². The van der Waals surface area contributed by atoms with Gasteiger partial charge in [-0.15, -0.1) is 0 Å². The molecule has 1 unspecified atom stereocenters. The molecule has 0 rings (SSSR count). The maximum atomic E-state index is 9.05. The molecule has 3 N–H and O–H groups in total. The minimum Gasteiger partial charge on any atom is -0.392 e. The van der Waals surface area contributed by atoms with Gasteiger partial charge in [-0.3, -0.25) is 0 Å². The van der Waals surface area contributed by atoms with Gasteiger partial charge < -0.3 is 15.7 Å². The molecule has 0 spiro atoms. The lowest BCUT2D eigenvalue weighted by Gasteiger charge is -2.15. The fourth-order valence-electron chi connectivity index (χ4n) is 0.645. The van der Waals surface area contributed by atoms with Crippen molar-refractivity contribution in [3.8, 4) is 0 Å². The second kappa shape index (κ2) is 5.65. The Morgan fingerprint density at radius 2 is 2.20 bits per heavy atom. The molecule has 0 amide bonds. The van der Waals surface area contributed by atoms with Gasteiger partial charge in [0.15, 0.2) is 0 Å². The molecule has 62 valence electrons. The van der Waals surface area contributed by atoms with E-state index in [-0.39, 0.29) is 6.10 Å². The van der Waals surface area contributed by atoms with Crippen LogP contribution in [0.15, 0.2) is 0 Å². The van der Waals surface area contributed by atoms with Crippen LogP contribution in [0.5, 0.6) is 0 Å². The fourth-order valence-corrected chi connectivity index (χ4v) is 0.645. The Kier molecular flexibility index (Phi) is 5.58. The molecule has 3 heteroatoms. The molecule has 0 saturated heterocycles. The summed E-state index contributed by atoms with van der Waals surface area (Å²) in [6.07, 6.45) is 0.454. The van der Waals surface area contributed by atoms with Crippen molar-refractivity contribution in [3.05, 3.63) is 0 Å². The third kappa shape index (κ3) is 4.73. The van der Waals surface area contributed by atoms with Crippen LogP contribution >= 0.6 is 0 Å². The zero-order valence-electron chi connectivity index (χ0n) is 6.88. The topological polar surface area (TPSA) is 49.5 Å². The molecule has 0 fully saturated rings. The molecule has 0 saturated carbocycles. The van der Waals surface area contributed by atoms with E-state index < -0.39 is 0 Å². The molecule has 0 bridgehead atoms. The maximum absolute atomic E-state index is 9.05. The van der Waals surface area contributed by atoms with Crippen LogP contribution in [0.2, 0.25) is 0 Å². The van der Waals surface area contributed by atoms with Crippen LogP contribution in [-0.2, 0) is 0 Å². The monoisotopic (exact) mass is 146 g/mol. The van der Waals surface area contributed by atoms with Crippen molar-refractivity contribution in [3.63, 3.8) is 0 Å². The van der Waals surface area contributed by atoms with E-state index in [1.54, 1.807) is 0 Å². The second-order valence-electron chi connectivity index (χ2n) is 2.57. The number of aliphatic hydroxyl groups is 1. The van der Waals surface area contributed by atoms with Gasteiger partial charge in [-0.2, -0.15) is 0 Å². The van der Waals surface area contributed by atoms with Crippen molar-refractivity contribution in [2.45, 2.75) is 19.4 Å². The standard InChI is InChI=1S/C7H18N2O/c1-3-9(2)5-4-7(10)6-8/h7,10H,3-6,8H2,1-2H3. The summed E-state index contributed by atoms with van der Waals surface area (Å²) in [7, 11) is 2.03. The van der Waals surface area contributed by atoms with E-state index in [0.717, 1.165) is 19.5 Å². The summed E-state index contributed by atoms with van der Waals surface area (Å²) in [6.45, 7) is 4.42. The van der Waals surface area contributed by atoms with E-state index >= 15 is 0 Å². The minimum atomic E-state index is -0.325. The third-order valence-electron chi connectivity index (χ3n) is 1.66. The van der Waals surface area contributed by atoms with Crippen LogP contribution in [0.3, 0.4) is 0 Å². The van der Waals surface area contributed by atoms with Gasteiger partial charge in [0, 0.05) is 13.1 Å². The number of rotatable bonds is 5. The smallest absolute Gasteiger partial charge is 0.0674 e. The van der Waals surface area contributed by atoms with E-state index in [1.807, 2.05) is 7.05 Å². The summed E-state index contributed by atoms with van der Waals surface area (Å²) < 4.78 is 0. The highest BCUT2D eigenvalue weighted by atomic mass is 16.3. The summed E-state index contributed by atoms with van der Waals surface area (Å²) in [4.78, 5) is 2.15. The van der Waals surface area contributed by atoms with E-state index in [1.165, 1.54) is 0 Å². The molecular formula is C7H18N2O. The van der Waals surface area contributed by atoms with Crippen molar-refractivity contribution in [1.29, 1.82) is 0 Å². The quantitative estimate of drug-likeness (QED) is 0.557. The molecule has 0 aromatic heterocycles. The van der Waals surface area contributed by atoms with Gasteiger partial charge in [0.2, 0.25) is 0 Å². The number of hydrogen-bond acceptors (Lipinski definition) is 3. The zero-order chi connectivity index (χ0) is 7.98. The molecule has 0 aliphatic rings. The average molecular weight is 146 g/mol. The summed E-state index contributed by atoms with van der Waals surface area (Å²) in [6, 6.07) is 0. The molecule has 0 aliphatic heterocycles. The Bertz CT molecular complexity index is 68.0. The van der Waals surface area contributed by atoms with Gasteiger partial charge in [0.1, 0.15) is 0 Å². The molecule has 10 heavy (non-hydrogen) atoms. The molecule has 3 nitrogen and oxygen atoms in total. The first kappa shape index (κ1) is 9.88. The van der Waals surface area contributed by atoms with Crippen LogP contribution in [0.4, 0.5) is 0 Å². The van der Waals surface area contributed by atoms with Gasteiger partial charge in [0.05, 0.1) is 6.10 Å². The van der Waals surface area contributed by atoms with E-state index in [2.05, 4.69) is 11.8 Å². The molecule has 0 heterocycles. The highest BCUT2D eigenvalue weighted by Crippen LogP contribution is 1.91. The van der Waals surface area contributed by atoms with E-state index in [9.17, 15) is 0 Å². The summed E-state index contributed by atoms with van der Waals surface area (Å²) in [5.41, 5.74) is 5.23. The lowest BCUT2D eigenvalue weighted by atomic mass is 10.2. The lowest BCUT2D eigenvalue weighted by Crippen LogP contribution is -2.27. The van der Waals surface area contributed by atoms with Crippen LogP contribution in [0.1, 0.15) is 13.3 Å². The van der Waals surface area contributed by atoms with Crippen molar-refractivity contribution in [2.75, 3.05) is 26.7 Å². The average Bonchev–Trinajstić information content (AvgIpc) is 1.99. The second-order valence-corrected chi connectivity index (χ2v) is 2.57. The minimum absolute atomic E-state index is 0.325. The molecule has 0 aromatic carbocycles. The molecule has 0 aliphatic carbocycles. The van der Waals surface area contributed by atoms with Crippen LogP contribution in [-0.4, -0.2) is 42.8 Å². The van der Waals surface area contributed by atoms with E-state index in [4.69, 9.17) is 10.8 Å². The summed E-state index contributed by atoms with van der Waals surface area (Å²) >= 11 is 0. The fraction of sp³-hybridized carbons (Fsp3) is 1.00. The van der Waals surface area contributed by atoms with Gasteiger partial charge in [-0.25, -0.2) is 0 Å². The van der Waals surface area contributed by atoms with E-state index in [0.29, 0.717) is 6.54 Å². The van der Waals surface area contributed by atoms with Gasteiger partial charge >= 0.3 is 0 Å². The molecule has 0 aromatic rings. The van der Waals surface area contributed by atoms with Crippen molar-refractivity contribution < 1.29 is 5.11 Å². The first-order chi connectivity index (χ1) is 4.70. The Balaban J connectivity index is 3.17. The van der Waals surface area contributed by atoms with Gasteiger partial charge in [0.25, 0.3) is 0 Å². The first-order valence-corrected chi connectivity index (χ1v) is 3.77. The third-order valence-corrected chi connectivity index (χ3v) is 1.66. The SMILES string of the molecule is CCN(C)CCC(O)CN. The maximum Gasteiger partial charge on any atom is 0.0674 e. The summed E-state index contributed by atoms with van der Waals surface area (Å²) in [5, 5.41) is 9.05. The first-order valence-electron chi connectivity index (χ1n) is 3.77. The number of nitrogens with two attached hydrogens (primary N) is 1. The van der Waals surface area contributed by atoms with Crippen LogP contribution < -0.4 is 5.73 Å². The zero-order valence-corrected chi connectivity index (χ0v) is 6.88. The van der Waals surface area contributed by atoms with Crippen molar-refractivity contribution >= 4 is 0 Å². The normalized spacial score (nSPS) is 14.1. The van der Waals surface area contributed by atoms with Crippen LogP contribution in [0.25, 0.3) is 0 Å². The number of nitrogens with zero attached hydrogens (tertiary/aromatic N) is 1. The number of hydrogen-bond donors (Lipinski definition) is 2. The Morgan fingerprint density at radius 3 is 2.60 bits per heavy atom. The molecule has 0 radical (unpaired) electrons. The lowest BCUT2D eigenvalue weighted by molar-refractivity contribution is 0.156. The molecular weight excluding hydrogens is 128 g/mol. The molecule has 1 atom stereocenters. The highest BCUT2D eigenvalue weighted by Gasteiger charge is 2.01. The van der Waals surface area contributed by atoms with Crippen LogP contribution in [0, 0.1) is 0 Å². The predicted molar refractivity (Wildman–Crippen MR) is 42.8 cm³/mol. The Labute approximate surface area is 62.8 Å². The van der Waals surface area contributed by atoms with Gasteiger partial charge in [-0.1, -0.05) is 6.92 Å². The summed E-state index contributed by atoms with van der Waals surface area (Å²) in [5.74, 6) is 0. The Hall–Kier alpha value is -0.120. The van der Waals surface area contributed by atoms with Crippen molar-refractivity contribution in [1.82, 2.24) is 4.90 Å². The predicted octanol–water partition coefficient (Wildman–Crippen LogP) is -0.352. The largest absolute Gasteiger partial charge is 0.392 e. The Morgan fingerprint density at radius 1 is 1.60 bits per heavy atom. The highest BCUT2D eigenvalue weighted by molar-refractivity contribution is 4.58. The number of aliphatic hydroxyl groups excluding tert-OH is 1. The van der Waals surface area contributed by atoms with Gasteiger partial charge in [-0.05, 0) is 20.0 Å².